The fraction of sp³-hybridized carbons (Fsp3) is 0.500. The molecule has 1 aromatic rings. The first-order valence-corrected chi connectivity index (χ1v) is 5.10. The van der Waals surface area contributed by atoms with Gasteiger partial charge in [0, 0.05) is 19.0 Å². The highest BCUT2D eigenvalue weighted by Gasteiger charge is 2.14. The van der Waals surface area contributed by atoms with Crippen LogP contribution in [0.15, 0.2) is 10.6 Å². The Labute approximate surface area is 98.4 Å². The predicted molar refractivity (Wildman–Crippen MR) is 59.9 cm³/mol. The van der Waals surface area contributed by atoms with Gasteiger partial charge in [-0.2, -0.15) is 0 Å². The number of hydrogen-bond donors (Lipinski definition) is 2. The summed E-state index contributed by atoms with van der Waals surface area (Å²) in [5, 5.41) is 14.6. The lowest BCUT2D eigenvalue weighted by Crippen LogP contribution is -2.35. The lowest BCUT2D eigenvalue weighted by atomic mass is 10.2. The lowest BCUT2D eigenvalue weighted by molar-refractivity contribution is -0.137. The number of urea groups is 1. The van der Waals surface area contributed by atoms with Crippen LogP contribution in [0.5, 0.6) is 0 Å². The average Bonchev–Trinajstić information content (AvgIpc) is 2.65. The molecule has 7 nitrogen and oxygen atoms in total. The van der Waals surface area contributed by atoms with Crippen LogP contribution in [0.3, 0.4) is 0 Å². The van der Waals surface area contributed by atoms with E-state index in [1.54, 1.807) is 6.07 Å². The Morgan fingerprint density at radius 2 is 2.24 bits per heavy atom. The van der Waals surface area contributed by atoms with E-state index in [9.17, 15) is 9.59 Å². The van der Waals surface area contributed by atoms with Crippen LogP contribution in [0, 0.1) is 0 Å². The van der Waals surface area contributed by atoms with Crippen LogP contribution >= 0.6 is 0 Å². The maximum atomic E-state index is 11.5. The van der Waals surface area contributed by atoms with Gasteiger partial charge < -0.3 is 14.5 Å². The highest BCUT2D eigenvalue weighted by molar-refractivity contribution is 5.90. The Hall–Kier alpha value is -2.05. The number of aromatic nitrogens is 1. The summed E-state index contributed by atoms with van der Waals surface area (Å²) in [6, 6.07) is 1.06. The second kappa shape index (κ2) is 5.33. The molecule has 0 saturated carbocycles. The quantitative estimate of drug-likeness (QED) is 0.829. The first-order valence-electron chi connectivity index (χ1n) is 5.10. The minimum absolute atomic E-state index is 0.171. The monoisotopic (exact) mass is 241 g/mol. The Kier molecular flexibility index (Phi) is 4.08. The number of likely N-dealkylation sites (N-methyl/N-ethyl adjacent to an activating group) is 1. The number of carboxylic acids is 1. The Morgan fingerprint density at radius 1 is 1.59 bits per heavy atom. The maximum Gasteiger partial charge on any atom is 0.323 e. The van der Waals surface area contributed by atoms with Crippen LogP contribution in [0.2, 0.25) is 0 Å². The van der Waals surface area contributed by atoms with Gasteiger partial charge in [0.05, 0.1) is 0 Å². The molecule has 0 radical (unpaired) electrons. The third kappa shape index (κ3) is 3.78. The van der Waals surface area contributed by atoms with Crippen LogP contribution in [0.25, 0.3) is 0 Å². The van der Waals surface area contributed by atoms with Crippen molar-refractivity contribution in [2.75, 3.05) is 18.9 Å². The molecule has 0 atom stereocenters. The second-order valence-electron chi connectivity index (χ2n) is 3.95. The van der Waals surface area contributed by atoms with E-state index in [-0.39, 0.29) is 18.3 Å². The van der Waals surface area contributed by atoms with Crippen molar-refractivity contribution in [3.8, 4) is 0 Å². The minimum Gasteiger partial charge on any atom is -0.480 e. The summed E-state index contributed by atoms with van der Waals surface area (Å²) >= 11 is 0. The van der Waals surface area contributed by atoms with Gasteiger partial charge in [-0.1, -0.05) is 19.0 Å². The summed E-state index contributed by atoms with van der Waals surface area (Å²) in [5.41, 5.74) is 0. The van der Waals surface area contributed by atoms with Crippen LogP contribution < -0.4 is 5.32 Å². The summed E-state index contributed by atoms with van der Waals surface area (Å²) in [6.45, 7) is 3.49. The molecule has 1 rings (SSSR count). The highest BCUT2D eigenvalue weighted by atomic mass is 16.5. The molecule has 0 bridgehead atoms. The molecule has 94 valence electrons. The predicted octanol–water partition coefficient (Wildman–Crippen LogP) is 1.35. The number of nitrogens with one attached hydrogen (secondary N) is 1. The number of carbonyl (C=O) groups excluding carboxylic acids is 1. The van der Waals surface area contributed by atoms with Gasteiger partial charge in [0.1, 0.15) is 12.3 Å². The maximum absolute atomic E-state index is 11.5. The third-order valence-electron chi connectivity index (χ3n) is 2.05. The topological polar surface area (TPSA) is 95.7 Å². The van der Waals surface area contributed by atoms with Gasteiger partial charge in [-0.05, 0) is 0 Å². The molecule has 1 aromatic heterocycles. The van der Waals surface area contributed by atoms with Gasteiger partial charge in [-0.15, -0.1) is 0 Å². The zero-order chi connectivity index (χ0) is 13.0. The number of anilines is 1. The van der Waals surface area contributed by atoms with Crippen molar-refractivity contribution in [1.29, 1.82) is 0 Å². The van der Waals surface area contributed by atoms with Crippen LogP contribution in [0.4, 0.5) is 10.6 Å². The molecule has 2 N–H and O–H groups in total. The molecule has 0 aromatic carbocycles. The molecule has 1 heterocycles. The SMILES string of the molecule is CC(C)c1cc(NC(=O)N(C)CC(=O)O)no1. The first-order chi connectivity index (χ1) is 7.90. The number of carbonyl (C=O) groups is 2. The van der Waals surface area contributed by atoms with E-state index in [1.165, 1.54) is 7.05 Å². The van der Waals surface area contributed by atoms with Gasteiger partial charge in [0.15, 0.2) is 5.82 Å². The second-order valence-corrected chi connectivity index (χ2v) is 3.95. The zero-order valence-corrected chi connectivity index (χ0v) is 9.93. The Balaban J connectivity index is 2.58. The highest BCUT2D eigenvalue weighted by Crippen LogP contribution is 2.17. The molecular weight excluding hydrogens is 226 g/mol. The molecule has 0 aliphatic carbocycles. The van der Waals surface area contributed by atoms with Gasteiger partial charge in [0.25, 0.3) is 0 Å². The van der Waals surface area contributed by atoms with E-state index in [0.29, 0.717) is 5.76 Å². The van der Waals surface area contributed by atoms with Crippen LogP contribution in [-0.2, 0) is 4.79 Å². The fourth-order valence-electron chi connectivity index (χ4n) is 1.10. The van der Waals surface area contributed by atoms with Crippen molar-refractivity contribution < 1.29 is 19.2 Å². The van der Waals surface area contributed by atoms with E-state index in [4.69, 9.17) is 9.63 Å². The number of aliphatic carboxylic acids is 1. The number of nitrogens with zero attached hydrogens (tertiary/aromatic N) is 2. The molecule has 0 spiro atoms. The molecule has 0 saturated heterocycles. The number of hydrogen-bond acceptors (Lipinski definition) is 4. The largest absolute Gasteiger partial charge is 0.480 e. The molecule has 0 unspecified atom stereocenters. The van der Waals surface area contributed by atoms with Gasteiger partial charge in [-0.3, -0.25) is 10.1 Å². The van der Waals surface area contributed by atoms with Crippen molar-refractivity contribution in [2.45, 2.75) is 19.8 Å². The molecule has 0 aliphatic heterocycles. The number of rotatable bonds is 4. The van der Waals surface area contributed by atoms with E-state index < -0.39 is 12.0 Å². The summed E-state index contributed by atoms with van der Waals surface area (Å²) in [6.07, 6.45) is 0. The zero-order valence-electron chi connectivity index (χ0n) is 9.93. The van der Waals surface area contributed by atoms with Gasteiger partial charge in [0.2, 0.25) is 0 Å². The summed E-state index contributed by atoms with van der Waals surface area (Å²) in [4.78, 5) is 22.9. The van der Waals surface area contributed by atoms with Crippen molar-refractivity contribution in [1.82, 2.24) is 10.1 Å². The third-order valence-corrected chi connectivity index (χ3v) is 2.05. The number of carboxylic acid groups (broad SMARTS) is 1. The molecule has 17 heavy (non-hydrogen) atoms. The Bertz CT molecular complexity index is 413. The molecule has 0 aliphatic rings. The van der Waals surface area contributed by atoms with E-state index in [2.05, 4.69) is 10.5 Å². The summed E-state index contributed by atoms with van der Waals surface area (Å²) in [7, 11) is 1.38. The molecule has 0 fully saturated rings. The lowest BCUT2D eigenvalue weighted by Gasteiger charge is -2.13. The standard InChI is InChI=1S/C10H15N3O4/c1-6(2)7-4-8(12-17-7)11-10(16)13(3)5-9(14)15/h4,6H,5H2,1-3H3,(H,14,15)(H,11,12,16). The smallest absolute Gasteiger partial charge is 0.323 e. The fourth-order valence-corrected chi connectivity index (χ4v) is 1.10. The molecule has 2 amide bonds. The van der Waals surface area contributed by atoms with Crippen LogP contribution in [-0.4, -0.2) is 40.8 Å². The van der Waals surface area contributed by atoms with Crippen molar-refractivity contribution in [2.24, 2.45) is 0 Å². The normalized spacial score (nSPS) is 10.4. The van der Waals surface area contributed by atoms with Crippen molar-refractivity contribution in [3.63, 3.8) is 0 Å². The van der Waals surface area contributed by atoms with Crippen molar-refractivity contribution >= 4 is 17.8 Å². The van der Waals surface area contributed by atoms with Gasteiger partial charge in [-0.25, -0.2) is 4.79 Å². The summed E-state index contributed by atoms with van der Waals surface area (Å²) < 4.78 is 4.99. The molecular formula is C10H15N3O4. The van der Waals surface area contributed by atoms with E-state index in [1.807, 2.05) is 13.8 Å². The minimum atomic E-state index is -1.08. The van der Waals surface area contributed by atoms with Gasteiger partial charge >= 0.3 is 12.0 Å². The summed E-state index contributed by atoms with van der Waals surface area (Å²) in [5.74, 6) is 0.0210. The Morgan fingerprint density at radius 3 is 2.71 bits per heavy atom. The molecule has 7 heteroatoms. The first kappa shape index (κ1) is 13.0. The number of amides is 2. The van der Waals surface area contributed by atoms with E-state index >= 15 is 0 Å². The van der Waals surface area contributed by atoms with Crippen LogP contribution in [0.1, 0.15) is 25.5 Å². The van der Waals surface area contributed by atoms with E-state index in [0.717, 1.165) is 4.90 Å². The average molecular weight is 241 g/mol. The van der Waals surface area contributed by atoms with Crippen molar-refractivity contribution in [3.05, 3.63) is 11.8 Å².